The molecule has 1 unspecified atom stereocenters. The number of anilines is 1. The Balaban J connectivity index is 2.93. The quantitative estimate of drug-likeness (QED) is 0.581. The lowest BCUT2D eigenvalue weighted by molar-refractivity contribution is -0.384. The van der Waals surface area contributed by atoms with Crippen molar-refractivity contribution >= 4 is 33.3 Å². The number of benzene rings is 1. The van der Waals surface area contributed by atoms with Gasteiger partial charge in [-0.1, -0.05) is 13.3 Å². The molecule has 0 bridgehead atoms. The number of nitrogens with one attached hydrogen (secondary N) is 1. The van der Waals surface area contributed by atoms with E-state index in [1.54, 1.807) is 0 Å². The normalized spacial score (nSPS) is 11.9. The number of aliphatic carboxylic acids is 1. The van der Waals surface area contributed by atoms with Gasteiger partial charge in [0.25, 0.3) is 5.69 Å². The van der Waals surface area contributed by atoms with E-state index >= 15 is 0 Å². The minimum Gasteiger partial charge on any atom is -0.481 e. The van der Waals surface area contributed by atoms with Crippen LogP contribution in [-0.4, -0.2) is 22.5 Å². The van der Waals surface area contributed by atoms with Crippen LogP contribution in [0.4, 0.5) is 15.8 Å². The van der Waals surface area contributed by atoms with Gasteiger partial charge in [-0.2, -0.15) is 0 Å². The molecule has 8 heteroatoms. The average Bonchev–Trinajstić information content (AvgIpc) is 2.37. The zero-order chi connectivity index (χ0) is 15.3. The number of hydrogen-bond acceptors (Lipinski definition) is 4. The highest BCUT2D eigenvalue weighted by Crippen LogP contribution is 2.30. The number of nitro groups is 1. The molecule has 0 spiro atoms. The Labute approximate surface area is 123 Å². The summed E-state index contributed by atoms with van der Waals surface area (Å²) < 4.78 is 13.4. The lowest BCUT2D eigenvalue weighted by Crippen LogP contribution is -2.23. The van der Waals surface area contributed by atoms with Crippen molar-refractivity contribution in [3.05, 3.63) is 32.5 Å². The van der Waals surface area contributed by atoms with E-state index in [1.165, 1.54) is 6.07 Å². The second-order valence-corrected chi connectivity index (χ2v) is 5.10. The molecule has 0 saturated heterocycles. The molecule has 0 saturated carbocycles. The lowest BCUT2D eigenvalue weighted by Gasteiger charge is -2.13. The van der Waals surface area contributed by atoms with E-state index in [9.17, 15) is 19.3 Å². The number of carboxylic acids is 1. The molecule has 2 N–H and O–H groups in total. The molecule has 1 aromatic rings. The van der Waals surface area contributed by atoms with E-state index in [1.807, 2.05) is 6.92 Å². The Hall–Kier alpha value is -1.70. The largest absolute Gasteiger partial charge is 0.481 e. The fourth-order valence-electron chi connectivity index (χ4n) is 1.72. The first-order chi connectivity index (χ1) is 9.36. The highest BCUT2D eigenvalue weighted by Gasteiger charge is 2.21. The van der Waals surface area contributed by atoms with Crippen LogP contribution in [0.15, 0.2) is 16.6 Å². The predicted octanol–water partition coefficient (Wildman–Crippen LogP) is 3.41. The first kappa shape index (κ1) is 16.4. The molecular weight excluding hydrogens is 335 g/mol. The summed E-state index contributed by atoms with van der Waals surface area (Å²) in [6.07, 6.45) is 1.15. The van der Waals surface area contributed by atoms with E-state index in [2.05, 4.69) is 21.2 Å². The molecule has 0 aliphatic rings. The monoisotopic (exact) mass is 348 g/mol. The van der Waals surface area contributed by atoms with Crippen molar-refractivity contribution in [2.45, 2.75) is 19.8 Å². The minimum atomic E-state index is -0.969. The molecule has 0 aliphatic carbocycles. The highest BCUT2D eigenvalue weighted by atomic mass is 79.9. The number of carbonyl (C=O) groups is 1. The number of hydrogen-bond donors (Lipinski definition) is 2. The van der Waals surface area contributed by atoms with E-state index in [-0.39, 0.29) is 16.7 Å². The summed E-state index contributed by atoms with van der Waals surface area (Å²) in [5, 5.41) is 22.6. The van der Waals surface area contributed by atoms with Gasteiger partial charge in [0.15, 0.2) is 0 Å². The van der Waals surface area contributed by atoms with Crippen molar-refractivity contribution in [2.75, 3.05) is 11.9 Å². The fourth-order valence-corrected chi connectivity index (χ4v) is 2.07. The van der Waals surface area contributed by atoms with E-state index < -0.39 is 28.3 Å². The number of rotatable bonds is 7. The third-order valence-electron chi connectivity index (χ3n) is 2.76. The van der Waals surface area contributed by atoms with Gasteiger partial charge in [-0.3, -0.25) is 14.9 Å². The molecule has 20 heavy (non-hydrogen) atoms. The summed E-state index contributed by atoms with van der Waals surface area (Å²) in [5.74, 6) is -2.36. The number of nitrogens with zero attached hydrogens (tertiary/aromatic N) is 1. The van der Waals surface area contributed by atoms with Gasteiger partial charge < -0.3 is 10.4 Å². The van der Waals surface area contributed by atoms with Crippen LogP contribution in [0, 0.1) is 21.8 Å². The van der Waals surface area contributed by atoms with Gasteiger partial charge in [-0.25, -0.2) is 4.39 Å². The molecule has 0 fully saturated rings. The molecular formula is C12H14BrFN2O4. The van der Waals surface area contributed by atoms with Crippen LogP contribution in [0.2, 0.25) is 0 Å². The van der Waals surface area contributed by atoms with Crippen LogP contribution in [0.1, 0.15) is 19.8 Å². The van der Waals surface area contributed by atoms with Crippen molar-refractivity contribution in [1.29, 1.82) is 0 Å². The number of carboxylic acid groups (broad SMARTS) is 1. The van der Waals surface area contributed by atoms with E-state index in [4.69, 9.17) is 5.11 Å². The Morgan fingerprint density at radius 2 is 2.25 bits per heavy atom. The molecule has 0 amide bonds. The van der Waals surface area contributed by atoms with Crippen LogP contribution in [0.5, 0.6) is 0 Å². The molecule has 110 valence electrons. The van der Waals surface area contributed by atoms with Crippen molar-refractivity contribution in [3.63, 3.8) is 0 Å². The third-order valence-corrected chi connectivity index (χ3v) is 3.37. The van der Waals surface area contributed by atoms with Gasteiger partial charge in [0, 0.05) is 6.54 Å². The maximum Gasteiger partial charge on any atom is 0.308 e. The molecule has 1 aromatic carbocycles. The van der Waals surface area contributed by atoms with Crippen molar-refractivity contribution in [2.24, 2.45) is 5.92 Å². The fraction of sp³-hybridized carbons (Fsp3) is 0.417. The SMILES string of the molecule is CCCC(CNc1cc(Br)c(F)cc1[N+](=O)[O-])C(=O)O. The topological polar surface area (TPSA) is 92.5 Å². The van der Waals surface area contributed by atoms with Gasteiger partial charge in [-0.15, -0.1) is 0 Å². The minimum absolute atomic E-state index is 0.0437. The summed E-state index contributed by atoms with van der Waals surface area (Å²) in [7, 11) is 0. The van der Waals surface area contributed by atoms with E-state index in [0.29, 0.717) is 12.8 Å². The lowest BCUT2D eigenvalue weighted by atomic mass is 10.0. The van der Waals surface area contributed by atoms with Crippen LogP contribution in [0.25, 0.3) is 0 Å². The molecule has 1 atom stereocenters. The zero-order valence-corrected chi connectivity index (χ0v) is 12.3. The summed E-state index contributed by atoms with van der Waals surface area (Å²) >= 11 is 2.94. The standard InChI is InChI=1S/C12H14BrFN2O4/c1-2-3-7(12(17)18)6-15-10-4-8(13)9(14)5-11(10)16(19)20/h4-5,7,15H,2-3,6H2,1H3,(H,17,18). The highest BCUT2D eigenvalue weighted by molar-refractivity contribution is 9.10. The number of halogens is 2. The van der Waals surface area contributed by atoms with Crippen molar-refractivity contribution in [3.8, 4) is 0 Å². The first-order valence-electron chi connectivity index (χ1n) is 5.96. The maximum absolute atomic E-state index is 13.3. The molecule has 0 aromatic heterocycles. The van der Waals surface area contributed by atoms with Crippen LogP contribution < -0.4 is 5.32 Å². The Bertz CT molecular complexity index is 524. The Morgan fingerprint density at radius 3 is 2.75 bits per heavy atom. The molecule has 0 radical (unpaired) electrons. The van der Waals surface area contributed by atoms with Crippen molar-refractivity contribution < 1.29 is 19.2 Å². The van der Waals surface area contributed by atoms with Gasteiger partial charge in [0.1, 0.15) is 11.5 Å². The zero-order valence-electron chi connectivity index (χ0n) is 10.7. The second-order valence-electron chi connectivity index (χ2n) is 4.25. The van der Waals surface area contributed by atoms with Crippen LogP contribution in [0.3, 0.4) is 0 Å². The summed E-state index contributed by atoms with van der Waals surface area (Å²) in [6, 6.07) is 2.03. The Kier molecular flexibility index (Phi) is 5.87. The van der Waals surface area contributed by atoms with Gasteiger partial charge >= 0.3 is 5.97 Å². The Morgan fingerprint density at radius 1 is 1.60 bits per heavy atom. The maximum atomic E-state index is 13.3. The molecule has 1 rings (SSSR count). The summed E-state index contributed by atoms with van der Waals surface area (Å²) in [6.45, 7) is 1.90. The average molecular weight is 349 g/mol. The summed E-state index contributed by atoms with van der Waals surface area (Å²) in [5.41, 5.74) is -0.336. The van der Waals surface area contributed by atoms with Crippen LogP contribution >= 0.6 is 15.9 Å². The second kappa shape index (κ2) is 7.18. The van der Waals surface area contributed by atoms with Crippen molar-refractivity contribution in [1.82, 2.24) is 0 Å². The molecule has 0 aliphatic heterocycles. The van der Waals surface area contributed by atoms with Gasteiger partial charge in [0.05, 0.1) is 21.4 Å². The van der Waals surface area contributed by atoms with Gasteiger partial charge in [-0.05, 0) is 28.4 Å². The predicted molar refractivity (Wildman–Crippen MR) is 75.3 cm³/mol. The smallest absolute Gasteiger partial charge is 0.308 e. The summed E-state index contributed by atoms with van der Waals surface area (Å²) in [4.78, 5) is 21.1. The van der Waals surface area contributed by atoms with Crippen LogP contribution in [-0.2, 0) is 4.79 Å². The number of nitro benzene ring substituents is 1. The molecule has 6 nitrogen and oxygen atoms in total. The third kappa shape index (κ3) is 4.16. The molecule has 0 heterocycles. The van der Waals surface area contributed by atoms with Gasteiger partial charge in [0.2, 0.25) is 0 Å². The van der Waals surface area contributed by atoms with E-state index in [0.717, 1.165) is 6.07 Å². The first-order valence-corrected chi connectivity index (χ1v) is 6.76.